The highest BCUT2D eigenvalue weighted by molar-refractivity contribution is 7.13. The molecule has 15 heteroatoms. The number of nitrogens with one attached hydrogen (secondary N) is 2. The number of unbranched alkanes of at least 4 members (excludes halogenated alkanes) is 2. The van der Waals surface area contributed by atoms with Crippen molar-refractivity contribution >= 4 is 29.1 Å². The Morgan fingerprint density at radius 1 is 1.05 bits per heavy atom. The maximum absolute atomic E-state index is 15.1. The number of rotatable bonds is 18. The summed E-state index contributed by atoms with van der Waals surface area (Å²) in [4.78, 5) is 47.5. The molecule has 0 spiro atoms. The van der Waals surface area contributed by atoms with Gasteiger partial charge in [0.15, 0.2) is 11.6 Å². The Morgan fingerprint density at radius 3 is 2.40 bits per heavy atom. The number of amides is 3. The van der Waals surface area contributed by atoms with Crippen LogP contribution < -0.4 is 26.8 Å². The molecule has 6 atom stereocenters. The van der Waals surface area contributed by atoms with Crippen molar-refractivity contribution in [1.82, 2.24) is 20.5 Å². The third kappa shape index (κ3) is 12.2. The fourth-order valence-corrected chi connectivity index (χ4v) is 7.41. The largest absolute Gasteiger partial charge is 0.489 e. The minimum absolute atomic E-state index is 0.0304. The normalized spacial score (nSPS) is 18.1. The average Bonchev–Trinajstić information content (AvgIpc) is 3.74. The monoisotopic (exact) mass is 786 g/mol. The highest BCUT2D eigenvalue weighted by atomic mass is 32.1. The zero-order valence-electron chi connectivity index (χ0n) is 32.3. The van der Waals surface area contributed by atoms with Crippen LogP contribution >= 0.6 is 11.3 Å². The SMILES string of the molecule is Cc1ncsc1-c1ccc([C@H](C)NC(=O)[C@@H]2C[C@@H](O)CN2C(=O)[C@@H](NC(=O)CCCCCc2c(F)ccc(OC[C@@H](N)CCC(N)O)c2F)C(C)(C)C)cc1. The van der Waals surface area contributed by atoms with Gasteiger partial charge in [-0.15, -0.1) is 11.3 Å². The van der Waals surface area contributed by atoms with Crippen LogP contribution in [0.15, 0.2) is 41.9 Å². The molecular formula is C40H56F2N6O6S. The molecule has 4 rings (SSSR count). The van der Waals surface area contributed by atoms with Crippen LogP contribution in [0.4, 0.5) is 8.78 Å². The maximum atomic E-state index is 15.1. The molecule has 3 aromatic rings. The molecule has 55 heavy (non-hydrogen) atoms. The van der Waals surface area contributed by atoms with E-state index in [1.54, 1.807) is 16.8 Å². The van der Waals surface area contributed by atoms with E-state index in [2.05, 4.69) is 15.6 Å². The number of likely N-dealkylation sites (tertiary alicyclic amines) is 1. The Kier molecular flexibility index (Phi) is 15.7. The van der Waals surface area contributed by atoms with E-state index in [0.29, 0.717) is 25.7 Å². The molecule has 1 unspecified atom stereocenters. The van der Waals surface area contributed by atoms with E-state index in [1.807, 2.05) is 58.9 Å². The highest BCUT2D eigenvalue weighted by Gasteiger charge is 2.44. The first-order valence-electron chi connectivity index (χ1n) is 18.8. The van der Waals surface area contributed by atoms with Gasteiger partial charge < -0.3 is 42.0 Å². The Bertz CT molecular complexity index is 1750. The second-order valence-corrected chi connectivity index (χ2v) is 16.4. The molecular weight excluding hydrogens is 731 g/mol. The van der Waals surface area contributed by atoms with Gasteiger partial charge in [0, 0.05) is 31.0 Å². The number of hydrogen-bond donors (Lipinski definition) is 6. The molecule has 3 amide bonds. The van der Waals surface area contributed by atoms with E-state index in [4.69, 9.17) is 16.2 Å². The predicted molar refractivity (Wildman–Crippen MR) is 208 cm³/mol. The van der Waals surface area contributed by atoms with Crippen molar-refractivity contribution in [2.45, 2.75) is 122 Å². The molecule has 1 fully saturated rings. The van der Waals surface area contributed by atoms with Gasteiger partial charge in [0.2, 0.25) is 17.7 Å². The Morgan fingerprint density at radius 2 is 1.76 bits per heavy atom. The minimum Gasteiger partial charge on any atom is -0.489 e. The van der Waals surface area contributed by atoms with Crippen LogP contribution in [-0.4, -0.2) is 81.4 Å². The van der Waals surface area contributed by atoms with Crippen LogP contribution in [0, 0.1) is 24.0 Å². The summed E-state index contributed by atoms with van der Waals surface area (Å²) in [6.07, 6.45) is 0.268. The molecule has 0 bridgehead atoms. The van der Waals surface area contributed by atoms with Gasteiger partial charge >= 0.3 is 0 Å². The summed E-state index contributed by atoms with van der Waals surface area (Å²) in [6, 6.07) is 7.45. The lowest BCUT2D eigenvalue weighted by atomic mass is 9.85. The van der Waals surface area contributed by atoms with Crippen LogP contribution in [0.2, 0.25) is 0 Å². The molecule has 2 heterocycles. The molecule has 0 aliphatic carbocycles. The lowest BCUT2D eigenvalue weighted by Crippen LogP contribution is -2.57. The number of benzene rings is 2. The molecule has 2 aromatic carbocycles. The van der Waals surface area contributed by atoms with Crippen LogP contribution in [0.1, 0.15) is 95.5 Å². The third-order valence-electron chi connectivity index (χ3n) is 9.83. The van der Waals surface area contributed by atoms with Crippen molar-refractivity contribution in [3.05, 3.63) is 70.4 Å². The van der Waals surface area contributed by atoms with E-state index >= 15 is 4.39 Å². The lowest BCUT2D eigenvalue weighted by Gasteiger charge is -2.35. The van der Waals surface area contributed by atoms with Crippen LogP contribution in [-0.2, 0) is 20.8 Å². The Labute approximate surface area is 326 Å². The molecule has 8 N–H and O–H groups in total. The smallest absolute Gasteiger partial charge is 0.246 e. The number of nitrogens with zero attached hydrogens (tertiary/aromatic N) is 2. The number of carbonyl (C=O) groups excluding carboxylic acids is 3. The number of aryl methyl sites for hydroxylation is 1. The average molecular weight is 787 g/mol. The molecule has 1 saturated heterocycles. The summed E-state index contributed by atoms with van der Waals surface area (Å²) in [5, 5.41) is 25.6. The zero-order chi connectivity index (χ0) is 40.4. The first-order valence-corrected chi connectivity index (χ1v) is 19.7. The van der Waals surface area contributed by atoms with Gasteiger partial charge in [-0.2, -0.15) is 0 Å². The molecule has 0 radical (unpaired) electrons. The number of nitrogens with two attached hydrogens (primary N) is 2. The van der Waals surface area contributed by atoms with Crippen molar-refractivity contribution in [3.63, 3.8) is 0 Å². The third-order valence-corrected chi connectivity index (χ3v) is 10.8. The van der Waals surface area contributed by atoms with Gasteiger partial charge in [-0.3, -0.25) is 14.4 Å². The second-order valence-electron chi connectivity index (χ2n) is 15.5. The summed E-state index contributed by atoms with van der Waals surface area (Å²) in [6.45, 7) is 9.19. The van der Waals surface area contributed by atoms with Crippen molar-refractivity contribution in [2.75, 3.05) is 13.2 Å². The number of ether oxygens (including phenoxy) is 1. The molecule has 0 saturated carbocycles. The van der Waals surface area contributed by atoms with Gasteiger partial charge in [0.1, 0.15) is 30.7 Å². The Balaban J connectivity index is 1.29. The maximum Gasteiger partial charge on any atom is 0.246 e. The fraction of sp³-hybridized carbons (Fsp3) is 0.550. The second kappa shape index (κ2) is 19.7. The number of halogens is 2. The summed E-state index contributed by atoms with van der Waals surface area (Å²) >= 11 is 1.56. The van der Waals surface area contributed by atoms with E-state index in [9.17, 15) is 29.0 Å². The van der Waals surface area contributed by atoms with Gasteiger partial charge in [-0.1, -0.05) is 51.5 Å². The van der Waals surface area contributed by atoms with E-state index in [1.165, 1.54) is 11.0 Å². The van der Waals surface area contributed by atoms with Crippen LogP contribution in [0.5, 0.6) is 5.75 Å². The van der Waals surface area contributed by atoms with Gasteiger partial charge in [0.25, 0.3) is 0 Å². The molecule has 1 aliphatic heterocycles. The fourth-order valence-electron chi connectivity index (χ4n) is 6.59. The molecule has 302 valence electrons. The zero-order valence-corrected chi connectivity index (χ0v) is 33.1. The number of aliphatic hydroxyl groups excluding tert-OH is 2. The van der Waals surface area contributed by atoms with Crippen molar-refractivity contribution in [2.24, 2.45) is 16.9 Å². The number of aromatic nitrogens is 1. The molecule has 1 aliphatic rings. The molecule has 12 nitrogen and oxygen atoms in total. The number of hydrogen-bond acceptors (Lipinski definition) is 10. The number of β-amino-alcohol motifs (C(OH)–C–C–N with tert-alkyl or cyclic N) is 1. The van der Waals surface area contributed by atoms with Gasteiger partial charge in [-0.05, 0) is 74.6 Å². The number of carbonyl (C=O) groups is 3. The van der Waals surface area contributed by atoms with Crippen molar-refractivity contribution < 1.29 is 38.1 Å². The summed E-state index contributed by atoms with van der Waals surface area (Å²) in [5.74, 6) is -2.85. The summed E-state index contributed by atoms with van der Waals surface area (Å²) < 4.78 is 35.1. The first-order chi connectivity index (χ1) is 26.0. The van der Waals surface area contributed by atoms with Gasteiger partial charge in [-0.25, -0.2) is 13.8 Å². The minimum atomic E-state index is -1.00. The lowest BCUT2D eigenvalue weighted by molar-refractivity contribution is -0.144. The van der Waals surface area contributed by atoms with E-state index < -0.39 is 59.3 Å². The van der Waals surface area contributed by atoms with Crippen LogP contribution in [0.25, 0.3) is 10.4 Å². The Hall–Kier alpha value is -4.02. The summed E-state index contributed by atoms with van der Waals surface area (Å²) in [5.41, 5.74) is 15.1. The molecule has 1 aromatic heterocycles. The topological polar surface area (TPSA) is 193 Å². The van der Waals surface area contributed by atoms with Gasteiger partial charge in [0.05, 0.1) is 28.2 Å². The van der Waals surface area contributed by atoms with Crippen LogP contribution in [0.3, 0.4) is 0 Å². The van der Waals surface area contributed by atoms with Crippen molar-refractivity contribution in [3.8, 4) is 16.2 Å². The van der Waals surface area contributed by atoms with E-state index in [0.717, 1.165) is 27.8 Å². The number of aliphatic hydroxyl groups is 2. The summed E-state index contributed by atoms with van der Waals surface area (Å²) in [7, 11) is 0. The highest BCUT2D eigenvalue weighted by Crippen LogP contribution is 2.30. The predicted octanol–water partition coefficient (Wildman–Crippen LogP) is 4.63. The quantitative estimate of drug-likeness (QED) is 0.0788. The first kappa shape index (κ1) is 43.7. The van der Waals surface area contributed by atoms with Crippen molar-refractivity contribution in [1.29, 1.82) is 0 Å². The number of thiazole rings is 1. The van der Waals surface area contributed by atoms with E-state index in [-0.39, 0.29) is 62.1 Å². The standard InChI is InChI=1S/C40H56F2N6O6S/c1-23(25-11-13-26(14-12-25)36-24(2)45-22-55-36)46-38(52)31-19-28(49)20-48(31)39(53)37(40(3,4)5)47-34(51)10-8-6-7-9-29-30(41)16-17-32(35(29)42)54-21-27(43)15-18-33(44)50/h11-14,16-17,22-23,27-28,31,33,37,49-50H,6-10,15,18-21,43-44H2,1-5H3,(H,46,52)(H,47,51)/t23-,27-,28+,31-,33?,37+/m0/s1.